The van der Waals surface area contributed by atoms with Gasteiger partial charge in [0.15, 0.2) is 0 Å². The van der Waals surface area contributed by atoms with E-state index in [9.17, 15) is 8.42 Å². The van der Waals surface area contributed by atoms with E-state index in [1.807, 2.05) is 6.92 Å². The second kappa shape index (κ2) is 5.50. The van der Waals surface area contributed by atoms with Crippen LogP contribution in [0.15, 0.2) is 41.8 Å². The lowest BCUT2D eigenvalue weighted by molar-refractivity contribution is 0.389. The molecule has 3 rings (SSSR count). The van der Waals surface area contributed by atoms with Crippen LogP contribution < -0.4 is 0 Å². The zero-order chi connectivity index (χ0) is 14.9. The predicted octanol–water partition coefficient (Wildman–Crippen LogP) is 1.71. The van der Waals surface area contributed by atoms with E-state index in [0.29, 0.717) is 12.2 Å². The summed E-state index contributed by atoms with van der Waals surface area (Å²) in [6.45, 7) is 2.35. The maximum atomic E-state index is 12.7. The molecule has 110 valence electrons. The van der Waals surface area contributed by atoms with Crippen molar-refractivity contribution in [1.29, 1.82) is 0 Å². The SMILES string of the molecule is Cc1cncc([C@@H]2CCCN2S(=O)(=O)c2cccnc2)n1. The van der Waals surface area contributed by atoms with Crippen LogP contribution in [0.4, 0.5) is 0 Å². The van der Waals surface area contributed by atoms with Gasteiger partial charge in [-0.15, -0.1) is 0 Å². The van der Waals surface area contributed by atoms with E-state index in [-0.39, 0.29) is 10.9 Å². The second-order valence-corrected chi connectivity index (χ2v) is 6.94. The summed E-state index contributed by atoms with van der Waals surface area (Å²) in [4.78, 5) is 12.7. The van der Waals surface area contributed by atoms with Gasteiger partial charge in [0.05, 0.1) is 23.6 Å². The minimum absolute atomic E-state index is 0.220. The fourth-order valence-corrected chi connectivity index (χ4v) is 4.24. The van der Waals surface area contributed by atoms with Gasteiger partial charge < -0.3 is 0 Å². The van der Waals surface area contributed by atoms with Gasteiger partial charge in [-0.2, -0.15) is 4.31 Å². The van der Waals surface area contributed by atoms with E-state index in [0.717, 1.165) is 18.5 Å². The standard InChI is InChI=1S/C14H16N4O2S/c1-11-8-16-10-13(17-11)14-5-3-7-18(14)21(19,20)12-4-2-6-15-9-12/h2,4,6,8-10,14H,3,5,7H2,1H3/t14-/m0/s1. The molecule has 0 unspecified atom stereocenters. The minimum atomic E-state index is -3.55. The Morgan fingerprint density at radius 1 is 1.24 bits per heavy atom. The third-order valence-corrected chi connectivity index (χ3v) is 5.45. The Bertz CT molecular complexity index is 734. The van der Waals surface area contributed by atoms with Gasteiger partial charge in [0.25, 0.3) is 0 Å². The fraction of sp³-hybridized carbons (Fsp3) is 0.357. The molecule has 2 aromatic rings. The van der Waals surface area contributed by atoms with Crippen LogP contribution in [0.1, 0.15) is 30.3 Å². The van der Waals surface area contributed by atoms with Crippen LogP contribution in [-0.2, 0) is 10.0 Å². The van der Waals surface area contributed by atoms with Crippen LogP contribution in [0.2, 0.25) is 0 Å². The van der Waals surface area contributed by atoms with Crippen LogP contribution in [0, 0.1) is 6.92 Å². The molecule has 0 spiro atoms. The Labute approximate surface area is 123 Å². The van der Waals surface area contributed by atoms with Crippen molar-refractivity contribution >= 4 is 10.0 Å². The number of pyridine rings is 1. The smallest absolute Gasteiger partial charge is 0.245 e. The first-order valence-corrected chi connectivity index (χ1v) is 8.23. The highest BCUT2D eigenvalue weighted by atomic mass is 32.2. The zero-order valence-electron chi connectivity index (χ0n) is 11.7. The van der Waals surface area contributed by atoms with E-state index < -0.39 is 10.0 Å². The first-order chi connectivity index (χ1) is 10.1. The molecule has 3 heterocycles. The van der Waals surface area contributed by atoms with Gasteiger partial charge in [-0.05, 0) is 31.9 Å². The molecule has 1 atom stereocenters. The summed E-state index contributed by atoms with van der Waals surface area (Å²) in [5, 5.41) is 0. The Kier molecular flexibility index (Phi) is 3.69. The summed E-state index contributed by atoms with van der Waals surface area (Å²) < 4.78 is 27.0. The van der Waals surface area contributed by atoms with Crippen LogP contribution in [0.3, 0.4) is 0 Å². The number of hydrogen-bond donors (Lipinski definition) is 0. The molecule has 0 aliphatic carbocycles. The van der Waals surface area contributed by atoms with Crippen molar-refractivity contribution in [3.63, 3.8) is 0 Å². The van der Waals surface area contributed by atoms with E-state index in [4.69, 9.17) is 0 Å². The van der Waals surface area contributed by atoms with Crippen molar-refractivity contribution in [2.75, 3.05) is 6.54 Å². The molecule has 0 N–H and O–H groups in total. The van der Waals surface area contributed by atoms with Crippen LogP contribution in [-0.4, -0.2) is 34.2 Å². The van der Waals surface area contributed by atoms with E-state index in [1.54, 1.807) is 30.7 Å². The van der Waals surface area contributed by atoms with E-state index >= 15 is 0 Å². The van der Waals surface area contributed by atoms with Gasteiger partial charge in [0.1, 0.15) is 4.90 Å². The molecule has 0 aromatic carbocycles. The van der Waals surface area contributed by atoms with Crippen LogP contribution >= 0.6 is 0 Å². The summed E-state index contributed by atoms with van der Waals surface area (Å²) in [6, 6.07) is 2.95. The number of aryl methyl sites for hydroxylation is 1. The zero-order valence-corrected chi connectivity index (χ0v) is 12.5. The monoisotopic (exact) mass is 304 g/mol. The van der Waals surface area contributed by atoms with Gasteiger partial charge >= 0.3 is 0 Å². The van der Waals surface area contributed by atoms with Crippen molar-refractivity contribution < 1.29 is 8.42 Å². The largest absolute Gasteiger partial charge is 0.263 e. The predicted molar refractivity (Wildman–Crippen MR) is 76.9 cm³/mol. The number of nitrogens with zero attached hydrogens (tertiary/aromatic N) is 4. The van der Waals surface area contributed by atoms with Crippen molar-refractivity contribution in [3.05, 3.63) is 48.3 Å². The molecule has 0 saturated carbocycles. The lowest BCUT2D eigenvalue weighted by atomic mass is 10.2. The summed E-state index contributed by atoms with van der Waals surface area (Å²) in [5.74, 6) is 0. The van der Waals surface area contributed by atoms with E-state index in [2.05, 4.69) is 15.0 Å². The highest BCUT2D eigenvalue weighted by Gasteiger charge is 2.37. The van der Waals surface area contributed by atoms with Gasteiger partial charge in [-0.3, -0.25) is 15.0 Å². The van der Waals surface area contributed by atoms with Crippen molar-refractivity contribution in [2.45, 2.75) is 30.7 Å². The lowest BCUT2D eigenvalue weighted by Crippen LogP contribution is -2.31. The van der Waals surface area contributed by atoms with Gasteiger partial charge in [-0.25, -0.2) is 8.42 Å². The van der Waals surface area contributed by atoms with Crippen LogP contribution in [0.5, 0.6) is 0 Å². The molecule has 0 bridgehead atoms. The molecule has 1 fully saturated rings. The molecule has 2 aromatic heterocycles. The Hall–Kier alpha value is -1.86. The van der Waals surface area contributed by atoms with E-state index in [1.165, 1.54) is 10.5 Å². The van der Waals surface area contributed by atoms with Gasteiger partial charge in [0, 0.05) is 25.1 Å². The van der Waals surface area contributed by atoms with Gasteiger partial charge in [-0.1, -0.05) is 0 Å². The molecular weight excluding hydrogens is 288 g/mol. The maximum Gasteiger partial charge on any atom is 0.245 e. The maximum absolute atomic E-state index is 12.7. The summed E-state index contributed by atoms with van der Waals surface area (Å²) in [7, 11) is -3.55. The normalized spacial score (nSPS) is 19.8. The molecule has 0 amide bonds. The summed E-state index contributed by atoms with van der Waals surface area (Å²) in [5.41, 5.74) is 1.50. The number of rotatable bonds is 3. The number of hydrogen-bond acceptors (Lipinski definition) is 5. The summed E-state index contributed by atoms with van der Waals surface area (Å²) >= 11 is 0. The Morgan fingerprint density at radius 3 is 2.81 bits per heavy atom. The Morgan fingerprint density at radius 2 is 2.10 bits per heavy atom. The van der Waals surface area contributed by atoms with Crippen molar-refractivity contribution in [3.8, 4) is 0 Å². The van der Waals surface area contributed by atoms with Crippen molar-refractivity contribution in [1.82, 2.24) is 19.3 Å². The molecule has 1 aliphatic heterocycles. The quantitative estimate of drug-likeness (QED) is 0.862. The second-order valence-electron chi connectivity index (χ2n) is 5.05. The first-order valence-electron chi connectivity index (χ1n) is 6.79. The van der Waals surface area contributed by atoms with Crippen LogP contribution in [0.25, 0.3) is 0 Å². The first kappa shape index (κ1) is 14.1. The highest BCUT2D eigenvalue weighted by molar-refractivity contribution is 7.89. The number of aromatic nitrogens is 3. The topological polar surface area (TPSA) is 76.1 Å². The molecule has 21 heavy (non-hydrogen) atoms. The average Bonchev–Trinajstić information content (AvgIpc) is 2.98. The highest BCUT2D eigenvalue weighted by Crippen LogP contribution is 2.35. The molecular formula is C14H16N4O2S. The molecule has 7 heteroatoms. The summed E-state index contributed by atoms with van der Waals surface area (Å²) in [6.07, 6.45) is 7.84. The third kappa shape index (κ3) is 2.66. The molecule has 1 aliphatic rings. The average molecular weight is 304 g/mol. The van der Waals surface area contributed by atoms with Gasteiger partial charge in [0.2, 0.25) is 10.0 Å². The molecule has 6 nitrogen and oxygen atoms in total. The Balaban J connectivity index is 1.98. The lowest BCUT2D eigenvalue weighted by Gasteiger charge is -2.23. The van der Waals surface area contributed by atoms with Crippen molar-refractivity contribution in [2.24, 2.45) is 0 Å². The minimum Gasteiger partial charge on any atom is -0.263 e. The molecule has 0 radical (unpaired) electrons. The third-order valence-electron chi connectivity index (χ3n) is 3.56. The molecule has 1 saturated heterocycles. The fourth-order valence-electron chi connectivity index (χ4n) is 2.60. The number of sulfonamides is 1.